The van der Waals surface area contributed by atoms with E-state index in [4.69, 9.17) is 0 Å². The second-order valence-corrected chi connectivity index (χ2v) is 6.69. The molecule has 1 saturated heterocycles. The molecule has 4 rings (SSSR count). The summed E-state index contributed by atoms with van der Waals surface area (Å²) in [5.74, 6) is 0.509. The lowest BCUT2D eigenvalue weighted by molar-refractivity contribution is 0.102. The zero-order chi connectivity index (χ0) is 19.5. The Bertz CT molecular complexity index is 1050. The van der Waals surface area contributed by atoms with Crippen LogP contribution >= 0.6 is 0 Å². The van der Waals surface area contributed by atoms with Crippen LogP contribution in [0.2, 0.25) is 0 Å². The van der Waals surface area contributed by atoms with Gasteiger partial charge in [0, 0.05) is 37.5 Å². The van der Waals surface area contributed by atoms with Gasteiger partial charge in [0.15, 0.2) is 5.82 Å². The first-order valence-corrected chi connectivity index (χ1v) is 9.15. The van der Waals surface area contributed by atoms with Gasteiger partial charge in [-0.15, -0.1) is 10.2 Å². The Labute approximate surface area is 161 Å². The molecule has 1 amide bonds. The van der Waals surface area contributed by atoms with Gasteiger partial charge >= 0.3 is 0 Å². The molecule has 1 N–H and O–H groups in total. The summed E-state index contributed by atoms with van der Waals surface area (Å²) in [6.07, 6.45) is 2.38. The molecular formula is C20H20N6O2. The number of hydrogen-bond donors (Lipinski definition) is 1. The molecule has 0 bridgehead atoms. The van der Waals surface area contributed by atoms with Gasteiger partial charge in [-0.1, -0.05) is 12.1 Å². The number of nitrogens with one attached hydrogen (secondary N) is 1. The van der Waals surface area contributed by atoms with Crippen molar-refractivity contribution in [3.05, 3.63) is 64.6 Å². The summed E-state index contributed by atoms with van der Waals surface area (Å²) in [6, 6.07) is 14.0. The SMILES string of the molecule is Cn1nc(C(=O)Nc2cccc(-c3ccc(N4CCCC4)nn3)c2)ccc1=O. The highest BCUT2D eigenvalue weighted by Gasteiger charge is 2.14. The van der Waals surface area contributed by atoms with E-state index in [0.29, 0.717) is 5.69 Å². The minimum atomic E-state index is -0.386. The lowest BCUT2D eigenvalue weighted by Gasteiger charge is -2.15. The summed E-state index contributed by atoms with van der Waals surface area (Å²) < 4.78 is 1.13. The van der Waals surface area contributed by atoms with Crippen molar-refractivity contribution in [2.75, 3.05) is 23.3 Å². The van der Waals surface area contributed by atoms with Crippen LogP contribution in [0, 0.1) is 0 Å². The Morgan fingerprint density at radius 1 is 1.04 bits per heavy atom. The van der Waals surface area contributed by atoms with Gasteiger partial charge in [-0.05, 0) is 43.2 Å². The smallest absolute Gasteiger partial charge is 0.276 e. The molecule has 28 heavy (non-hydrogen) atoms. The van der Waals surface area contributed by atoms with E-state index in [9.17, 15) is 9.59 Å². The topological polar surface area (TPSA) is 93.0 Å². The fraction of sp³-hybridized carbons (Fsp3) is 0.250. The zero-order valence-electron chi connectivity index (χ0n) is 15.5. The van der Waals surface area contributed by atoms with Crippen molar-refractivity contribution in [3.63, 3.8) is 0 Å². The van der Waals surface area contributed by atoms with Gasteiger partial charge < -0.3 is 10.2 Å². The van der Waals surface area contributed by atoms with Crippen LogP contribution in [0.4, 0.5) is 11.5 Å². The maximum absolute atomic E-state index is 12.4. The molecule has 142 valence electrons. The second kappa shape index (κ2) is 7.59. The van der Waals surface area contributed by atoms with E-state index in [0.717, 1.165) is 34.8 Å². The number of hydrogen-bond acceptors (Lipinski definition) is 6. The summed E-state index contributed by atoms with van der Waals surface area (Å²) in [5.41, 5.74) is 2.10. The van der Waals surface area contributed by atoms with Crippen LogP contribution in [0.5, 0.6) is 0 Å². The van der Waals surface area contributed by atoms with Gasteiger partial charge in [0.1, 0.15) is 5.69 Å². The van der Waals surface area contributed by atoms with Crippen molar-refractivity contribution < 1.29 is 4.79 Å². The number of aromatic nitrogens is 4. The summed E-state index contributed by atoms with van der Waals surface area (Å²) in [7, 11) is 1.50. The van der Waals surface area contributed by atoms with Gasteiger partial charge in [-0.25, -0.2) is 4.68 Å². The number of amides is 1. The molecule has 8 heteroatoms. The third-order valence-corrected chi connectivity index (χ3v) is 4.69. The Hall–Kier alpha value is -3.55. The Balaban J connectivity index is 1.51. The van der Waals surface area contributed by atoms with E-state index in [1.807, 2.05) is 30.3 Å². The van der Waals surface area contributed by atoms with Crippen LogP contribution in [0.15, 0.2) is 53.3 Å². The molecular weight excluding hydrogens is 356 g/mol. The molecule has 1 aliphatic rings. The van der Waals surface area contributed by atoms with E-state index in [2.05, 4.69) is 25.5 Å². The summed E-state index contributed by atoms with van der Waals surface area (Å²) in [5, 5.41) is 15.4. The first-order valence-electron chi connectivity index (χ1n) is 9.15. The highest BCUT2D eigenvalue weighted by Crippen LogP contribution is 2.23. The molecule has 0 saturated carbocycles. The van der Waals surface area contributed by atoms with Gasteiger partial charge in [0.2, 0.25) is 0 Å². The van der Waals surface area contributed by atoms with Crippen molar-refractivity contribution in [2.45, 2.75) is 12.8 Å². The van der Waals surface area contributed by atoms with Crippen LogP contribution in [0.25, 0.3) is 11.3 Å². The molecule has 8 nitrogen and oxygen atoms in total. The number of rotatable bonds is 4. The standard InChI is InChI=1S/C20H20N6O2/c1-25-19(27)10-8-17(24-25)20(28)21-15-6-4-5-14(13-15)16-7-9-18(23-22-16)26-11-2-3-12-26/h4-10,13H,2-3,11-12H2,1H3,(H,21,28). The van der Waals surface area contributed by atoms with Crippen LogP contribution in [0.3, 0.4) is 0 Å². The third kappa shape index (κ3) is 3.75. The van der Waals surface area contributed by atoms with Crippen LogP contribution in [-0.4, -0.2) is 39.0 Å². The molecule has 1 aromatic carbocycles. The molecule has 0 atom stereocenters. The van der Waals surface area contributed by atoms with Crippen LogP contribution in [0.1, 0.15) is 23.3 Å². The van der Waals surface area contributed by atoms with Crippen LogP contribution < -0.4 is 15.8 Å². The van der Waals surface area contributed by atoms with E-state index in [-0.39, 0.29) is 17.2 Å². The average Bonchev–Trinajstić information content (AvgIpc) is 3.25. The first kappa shape index (κ1) is 17.8. The van der Waals surface area contributed by atoms with Gasteiger partial charge in [-0.2, -0.15) is 5.10 Å². The van der Waals surface area contributed by atoms with E-state index in [1.54, 1.807) is 6.07 Å². The quantitative estimate of drug-likeness (QED) is 0.749. The van der Waals surface area contributed by atoms with Gasteiger partial charge in [-0.3, -0.25) is 9.59 Å². The predicted octanol–water partition coefficient (Wildman–Crippen LogP) is 2.09. The number of carbonyl (C=O) groups is 1. The second-order valence-electron chi connectivity index (χ2n) is 6.69. The lowest BCUT2D eigenvalue weighted by Crippen LogP contribution is -2.23. The molecule has 0 radical (unpaired) electrons. The monoisotopic (exact) mass is 376 g/mol. The normalized spacial score (nSPS) is 13.5. The molecule has 2 aromatic heterocycles. The van der Waals surface area contributed by atoms with Crippen LogP contribution in [-0.2, 0) is 7.05 Å². The molecule has 0 aliphatic carbocycles. The van der Waals surface area contributed by atoms with E-state index < -0.39 is 0 Å². The number of anilines is 2. The van der Waals surface area contributed by atoms with Gasteiger partial charge in [0.05, 0.1) is 5.69 Å². The molecule has 1 aliphatic heterocycles. The van der Waals surface area contributed by atoms with Gasteiger partial charge in [0.25, 0.3) is 11.5 Å². The Morgan fingerprint density at radius 2 is 1.86 bits per heavy atom. The van der Waals surface area contributed by atoms with Crippen molar-refractivity contribution >= 4 is 17.4 Å². The molecule has 0 unspecified atom stereocenters. The van der Waals surface area contributed by atoms with E-state index >= 15 is 0 Å². The Kier molecular flexibility index (Phi) is 4.84. The molecule has 3 heterocycles. The third-order valence-electron chi connectivity index (χ3n) is 4.69. The first-order chi connectivity index (χ1) is 13.6. The fourth-order valence-corrected chi connectivity index (χ4v) is 3.17. The predicted molar refractivity (Wildman–Crippen MR) is 106 cm³/mol. The van der Waals surface area contributed by atoms with Crippen molar-refractivity contribution in [3.8, 4) is 11.3 Å². The highest BCUT2D eigenvalue weighted by molar-refractivity contribution is 6.03. The maximum Gasteiger partial charge on any atom is 0.276 e. The summed E-state index contributed by atoms with van der Waals surface area (Å²) >= 11 is 0. The minimum absolute atomic E-state index is 0.169. The zero-order valence-corrected chi connectivity index (χ0v) is 15.5. The highest BCUT2D eigenvalue weighted by atomic mass is 16.2. The number of carbonyl (C=O) groups excluding carboxylic acids is 1. The van der Waals surface area contributed by atoms with Crippen molar-refractivity contribution in [2.24, 2.45) is 7.05 Å². The number of benzene rings is 1. The largest absolute Gasteiger partial charge is 0.355 e. The molecule has 3 aromatic rings. The maximum atomic E-state index is 12.4. The van der Waals surface area contributed by atoms with E-state index in [1.165, 1.54) is 32.0 Å². The summed E-state index contributed by atoms with van der Waals surface area (Å²) in [6.45, 7) is 2.04. The molecule has 0 spiro atoms. The van der Waals surface area contributed by atoms with Crippen molar-refractivity contribution in [1.82, 2.24) is 20.0 Å². The average molecular weight is 376 g/mol. The summed E-state index contributed by atoms with van der Waals surface area (Å²) in [4.78, 5) is 26.0. The number of nitrogens with zero attached hydrogens (tertiary/aromatic N) is 5. The lowest BCUT2D eigenvalue weighted by atomic mass is 10.1. The minimum Gasteiger partial charge on any atom is -0.355 e. The molecule has 1 fully saturated rings. The fourth-order valence-electron chi connectivity index (χ4n) is 3.17. The Morgan fingerprint density at radius 3 is 2.57 bits per heavy atom. The van der Waals surface area contributed by atoms with Crippen molar-refractivity contribution in [1.29, 1.82) is 0 Å². The number of aryl methyl sites for hydroxylation is 1.